The number of halogens is 1. The standard InChI is InChI=1S/C9H16FNO.C2H6/c1-6(2)11-5-8(10)7(3)4-9(11)12;1-2/h6-8H,4-5H2,1-3H3;1-2H3. The first-order valence-electron chi connectivity index (χ1n) is 5.46. The molecule has 1 saturated heterocycles. The summed E-state index contributed by atoms with van der Waals surface area (Å²) in [6, 6.07) is 0.128. The molecule has 3 heteroatoms. The maximum absolute atomic E-state index is 13.2. The number of amides is 1. The molecule has 1 fully saturated rings. The van der Waals surface area contributed by atoms with Gasteiger partial charge in [0, 0.05) is 12.5 Å². The Morgan fingerprint density at radius 3 is 2.36 bits per heavy atom. The molecule has 0 spiro atoms. The SMILES string of the molecule is CC.CC1CC(=O)N(C(C)C)CC1F. The number of rotatable bonds is 1. The zero-order chi connectivity index (χ0) is 11.3. The van der Waals surface area contributed by atoms with Crippen LogP contribution in [0, 0.1) is 5.92 Å². The Morgan fingerprint density at radius 2 is 1.93 bits per heavy atom. The Hall–Kier alpha value is -0.600. The maximum Gasteiger partial charge on any atom is 0.223 e. The molecule has 0 N–H and O–H groups in total. The van der Waals surface area contributed by atoms with Gasteiger partial charge in [0.2, 0.25) is 5.91 Å². The van der Waals surface area contributed by atoms with Gasteiger partial charge in [0.25, 0.3) is 0 Å². The van der Waals surface area contributed by atoms with E-state index in [9.17, 15) is 9.18 Å². The summed E-state index contributed by atoms with van der Waals surface area (Å²) in [4.78, 5) is 13.0. The van der Waals surface area contributed by atoms with Gasteiger partial charge in [-0.05, 0) is 19.8 Å². The van der Waals surface area contributed by atoms with Gasteiger partial charge in [-0.3, -0.25) is 4.79 Å². The molecule has 2 unspecified atom stereocenters. The van der Waals surface area contributed by atoms with E-state index in [1.807, 2.05) is 27.7 Å². The van der Waals surface area contributed by atoms with Crippen molar-refractivity contribution in [1.82, 2.24) is 4.90 Å². The van der Waals surface area contributed by atoms with Crippen LogP contribution in [-0.4, -0.2) is 29.6 Å². The monoisotopic (exact) mass is 203 g/mol. The maximum atomic E-state index is 13.2. The second-order valence-electron chi connectivity index (χ2n) is 3.84. The number of piperidine rings is 1. The molecule has 1 aliphatic rings. The quantitative estimate of drug-likeness (QED) is 0.641. The predicted molar refractivity (Wildman–Crippen MR) is 56.9 cm³/mol. The molecule has 2 nitrogen and oxygen atoms in total. The summed E-state index contributed by atoms with van der Waals surface area (Å²) in [5.41, 5.74) is 0. The Bertz CT molecular complexity index is 182. The van der Waals surface area contributed by atoms with E-state index in [4.69, 9.17) is 0 Å². The molecule has 0 aromatic heterocycles. The molecule has 1 amide bonds. The van der Waals surface area contributed by atoms with E-state index >= 15 is 0 Å². The van der Waals surface area contributed by atoms with Crippen LogP contribution in [0.3, 0.4) is 0 Å². The van der Waals surface area contributed by atoms with Gasteiger partial charge < -0.3 is 4.90 Å². The lowest BCUT2D eigenvalue weighted by molar-refractivity contribution is -0.139. The lowest BCUT2D eigenvalue weighted by Crippen LogP contribution is -2.48. The fraction of sp³-hybridized carbons (Fsp3) is 0.909. The highest BCUT2D eigenvalue weighted by Gasteiger charge is 2.32. The van der Waals surface area contributed by atoms with Gasteiger partial charge in [-0.25, -0.2) is 4.39 Å². The van der Waals surface area contributed by atoms with Crippen molar-refractivity contribution in [2.45, 2.75) is 53.3 Å². The molecule has 14 heavy (non-hydrogen) atoms. The summed E-state index contributed by atoms with van der Waals surface area (Å²) in [6.45, 7) is 9.90. The van der Waals surface area contributed by atoms with Crippen molar-refractivity contribution in [3.8, 4) is 0 Å². The van der Waals surface area contributed by atoms with Gasteiger partial charge in [-0.1, -0.05) is 20.8 Å². The highest BCUT2D eigenvalue weighted by atomic mass is 19.1. The smallest absolute Gasteiger partial charge is 0.223 e. The molecule has 0 saturated carbocycles. The molecule has 0 radical (unpaired) electrons. The van der Waals surface area contributed by atoms with Crippen LogP contribution < -0.4 is 0 Å². The predicted octanol–water partition coefficient (Wildman–Crippen LogP) is 2.63. The van der Waals surface area contributed by atoms with Crippen LogP contribution in [-0.2, 0) is 4.79 Å². The van der Waals surface area contributed by atoms with E-state index in [0.717, 1.165) is 0 Å². The Morgan fingerprint density at radius 1 is 1.43 bits per heavy atom. The highest BCUT2D eigenvalue weighted by molar-refractivity contribution is 5.77. The van der Waals surface area contributed by atoms with Crippen LogP contribution in [0.15, 0.2) is 0 Å². The summed E-state index contributed by atoms with van der Waals surface area (Å²) in [5.74, 6) is -0.0149. The van der Waals surface area contributed by atoms with Gasteiger partial charge in [0.1, 0.15) is 6.17 Å². The largest absolute Gasteiger partial charge is 0.337 e. The lowest BCUT2D eigenvalue weighted by atomic mass is 9.96. The third kappa shape index (κ3) is 3.28. The van der Waals surface area contributed by atoms with E-state index in [2.05, 4.69) is 0 Å². The summed E-state index contributed by atoms with van der Waals surface area (Å²) >= 11 is 0. The van der Waals surface area contributed by atoms with Crippen LogP contribution in [0.4, 0.5) is 4.39 Å². The van der Waals surface area contributed by atoms with Gasteiger partial charge >= 0.3 is 0 Å². The van der Waals surface area contributed by atoms with Crippen LogP contribution in [0.1, 0.15) is 41.0 Å². The highest BCUT2D eigenvalue weighted by Crippen LogP contribution is 2.22. The lowest BCUT2D eigenvalue weighted by Gasteiger charge is -2.35. The van der Waals surface area contributed by atoms with Gasteiger partial charge in [-0.2, -0.15) is 0 Å². The van der Waals surface area contributed by atoms with Gasteiger partial charge in [-0.15, -0.1) is 0 Å². The van der Waals surface area contributed by atoms with Crippen LogP contribution in [0.2, 0.25) is 0 Å². The third-order valence-electron chi connectivity index (χ3n) is 2.43. The molecule has 0 aromatic rings. The van der Waals surface area contributed by atoms with Gasteiger partial charge in [0.05, 0.1) is 6.54 Å². The van der Waals surface area contributed by atoms with Crippen molar-refractivity contribution in [1.29, 1.82) is 0 Å². The third-order valence-corrected chi connectivity index (χ3v) is 2.43. The molecule has 0 aromatic carbocycles. The van der Waals surface area contributed by atoms with Crippen molar-refractivity contribution in [2.75, 3.05) is 6.54 Å². The minimum Gasteiger partial charge on any atom is -0.337 e. The second-order valence-corrected chi connectivity index (χ2v) is 3.84. The van der Waals surface area contributed by atoms with E-state index in [1.165, 1.54) is 0 Å². The summed E-state index contributed by atoms with van der Waals surface area (Å²) in [5, 5.41) is 0. The second kappa shape index (κ2) is 5.99. The fourth-order valence-corrected chi connectivity index (χ4v) is 1.49. The summed E-state index contributed by atoms with van der Waals surface area (Å²) < 4.78 is 13.2. The number of carbonyl (C=O) groups is 1. The molecule has 84 valence electrons. The number of hydrogen-bond acceptors (Lipinski definition) is 1. The molecule has 1 heterocycles. The van der Waals surface area contributed by atoms with Crippen molar-refractivity contribution in [2.24, 2.45) is 5.92 Å². The fourth-order valence-electron chi connectivity index (χ4n) is 1.49. The number of alkyl halides is 1. The first-order valence-corrected chi connectivity index (χ1v) is 5.46. The van der Waals surface area contributed by atoms with Crippen LogP contribution >= 0.6 is 0 Å². The molecule has 1 rings (SSSR count). The van der Waals surface area contributed by atoms with Crippen molar-refractivity contribution < 1.29 is 9.18 Å². The number of nitrogens with zero attached hydrogens (tertiary/aromatic N) is 1. The van der Waals surface area contributed by atoms with Crippen molar-refractivity contribution in [3.63, 3.8) is 0 Å². The Balaban J connectivity index is 0.000000791. The molecular weight excluding hydrogens is 181 g/mol. The van der Waals surface area contributed by atoms with E-state index in [1.54, 1.807) is 11.8 Å². The minimum absolute atomic E-state index is 0.0893. The normalized spacial score (nSPS) is 27.4. The molecule has 0 bridgehead atoms. The summed E-state index contributed by atoms with van der Waals surface area (Å²) in [6.07, 6.45) is -0.482. The average Bonchev–Trinajstić information content (AvgIpc) is 2.14. The van der Waals surface area contributed by atoms with Gasteiger partial charge in [0.15, 0.2) is 0 Å². The van der Waals surface area contributed by atoms with Crippen LogP contribution in [0.25, 0.3) is 0 Å². The van der Waals surface area contributed by atoms with Crippen molar-refractivity contribution >= 4 is 5.91 Å². The first kappa shape index (κ1) is 13.4. The van der Waals surface area contributed by atoms with Crippen LogP contribution in [0.5, 0.6) is 0 Å². The van der Waals surface area contributed by atoms with E-state index in [-0.39, 0.29) is 24.4 Å². The Labute approximate surface area is 86.5 Å². The zero-order valence-electron chi connectivity index (χ0n) is 9.88. The molecular formula is C11H22FNO. The zero-order valence-corrected chi connectivity index (χ0v) is 9.88. The number of carbonyl (C=O) groups excluding carboxylic acids is 1. The topological polar surface area (TPSA) is 20.3 Å². The van der Waals surface area contributed by atoms with Crippen molar-refractivity contribution in [3.05, 3.63) is 0 Å². The number of hydrogen-bond donors (Lipinski definition) is 0. The van der Waals surface area contributed by atoms with E-state index < -0.39 is 6.17 Å². The minimum atomic E-state index is -0.842. The Kier molecular flexibility index (Phi) is 5.73. The average molecular weight is 203 g/mol. The first-order chi connectivity index (χ1) is 6.52. The molecule has 2 atom stereocenters. The van der Waals surface area contributed by atoms with E-state index in [0.29, 0.717) is 6.42 Å². The number of likely N-dealkylation sites (tertiary alicyclic amines) is 1. The molecule has 1 aliphatic heterocycles. The summed E-state index contributed by atoms with van der Waals surface area (Å²) in [7, 11) is 0. The molecule has 0 aliphatic carbocycles.